The molecule has 0 saturated heterocycles. The predicted octanol–water partition coefficient (Wildman–Crippen LogP) is 2.79. The second-order valence-electron chi connectivity index (χ2n) is 6.96. The van der Waals surface area contributed by atoms with E-state index in [1.807, 2.05) is 18.4 Å². The molecule has 0 amide bonds. The van der Waals surface area contributed by atoms with Gasteiger partial charge in [-0.2, -0.15) is 0 Å². The molecule has 0 radical (unpaired) electrons. The van der Waals surface area contributed by atoms with Crippen LogP contribution in [-0.2, 0) is 22.9 Å². The fourth-order valence-corrected chi connectivity index (χ4v) is 5.05. The van der Waals surface area contributed by atoms with Crippen molar-refractivity contribution >= 4 is 10.0 Å². The Morgan fingerprint density at radius 3 is 2.50 bits per heavy atom. The molecule has 8 heteroatoms. The number of aromatic nitrogens is 3. The number of hydrogen-bond donors (Lipinski definition) is 1. The second kappa shape index (κ2) is 7.36. The van der Waals surface area contributed by atoms with Gasteiger partial charge in [-0.05, 0) is 69.7 Å². The predicted molar refractivity (Wildman–Crippen MR) is 98.8 cm³/mol. The number of benzene rings is 1. The summed E-state index contributed by atoms with van der Waals surface area (Å²) < 4.78 is 36.2. The van der Waals surface area contributed by atoms with Crippen molar-refractivity contribution in [1.29, 1.82) is 0 Å². The zero-order chi connectivity index (χ0) is 18.9. The maximum absolute atomic E-state index is 13.1. The molecule has 0 aliphatic heterocycles. The van der Waals surface area contributed by atoms with Crippen LogP contribution in [-0.4, -0.2) is 30.3 Å². The van der Waals surface area contributed by atoms with Crippen molar-refractivity contribution in [2.45, 2.75) is 63.4 Å². The molecule has 3 rings (SSSR count). The summed E-state index contributed by atoms with van der Waals surface area (Å²) in [5.41, 5.74) is 1.89. The number of ether oxygens (including phenoxy) is 1. The summed E-state index contributed by atoms with van der Waals surface area (Å²) in [4.78, 5) is 0.343. The van der Waals surface area contributed by atoms with Gasteiger partial charge >= 0.3 is 0 Å². The number of rotatable bonds is 6. The topological polar surface area (TPSA) is 86.1 Å². The highest BCUT2D eigenvalue weighted by Crippen LogP contribution is 2.34. The summed E-state index contributed by atoms with van der Waals surface area (Å²) >= 11 is 0. The molecule has 2 aromatic rings. The summed E-state index contributed by atoms with van der Waals surface area (Å²) in [6.45, 7) is 5.80. The van der Waals surface area contributed by atoms with Crippen molar-refractivity contribution in [1.82, 2.24) is 19.5 Å². The Balaban J connectivity index is 1.95. The largest absolute Gasteiger partial charge is 0.496 e. The first-order valence-corrected chi connectivity index (χ1v) is 10.4. The van der Waals surface area contributed by atoms with Crippen molar-refractivity contribution in [3.8, 4) is 5.75 Å². The standard InChI is InChI=1S/C18H26N4O3S/c1-12(2)22-11-19-20-18(22)13(3)21-26(23,24)17-10-9-16(25-4)14-7-5-6-8-15(14)17/h9-13,21H,5-8H2,1-4H3/t13-/m1/s1. The molecular formula is C18H26N4O3S. The Labute approximate surface area is 154 Å². The fraction of sp³-hybridized carbons (Fsp3) is 0.556. The van der Waals surface area contributed by atoms with Crippen molar-refractivity contribution < 1.29 is 13.2 Å². The molecule has 1 aliphatic carbocycles. The molecule has 0 fully saturated rings. The van der Waals surface area contributed by atoms with Gasteiger partial charge in [-0.1, -0.05) is 0 Å². The third-order valence-corrected chi connectivity index (χ3v) is 6.46. The average Bonchev–Trinajstić information content (AvgIpc) is 3.10. The van der Waals surface area contributed by atoms with Crippen LogP contribution in [0.3, 0.4) is 0 Å². The molecule has 1 N–H and O–H groups in total. The molecule has 1 aromatic carbocycles. The highest BCUT2D eigenvalue weighted by molar-refractivity contribution is 7.89. The third-order valence-electron chi connectivity index (χ3n) is 4.83. The minimum atomic E-state index is -3.68. The van der Waals surface area contributed by atoms with Crippen LogP contribution in [0, 0.1) is 0 Å². The lowest BCUT2D eigenvalue weighted by atomic mass is 9.91. The Morgan fingerprint density at radius 2 is 1.85 bits per heavy atom. The molecule has 0 spiro atoms. The molecule has 1 heterocycles. The van der Waals surface area contributed by atoms with Gasteiger partial charge in [0.1, 0.15) is 12.1 Å². The van der Waals surface area contributed by atoms with Crippen molar-refractivity contribution in [3.05, 3.63) is 35.4 Å². The van der Waals surface area contributed by atoms with E-state index in [0.29, 0.717) is 10.7 Å². The molecule has 26 heavy (non-hydrogen) atoms. The number of nitrogens with zero attached hydrogens (tertiary/aromatic N) is 3. The van der Waals surface area contributed by atoms with Crippen LogP contribution in [0.2, 0.25) is 0 Å². The van der Waals surface area contributed by atoms with E-state index >= 15 is 0 Å². The molecular weight excluding hydrogens is 352 g/mol. The smallest absolute Gasteiger partial charge is 0.241 e. The van der Waals surface area contributed by atoms with E-state index in [4.69, 9.17) is 4.74 Å². The number of hydrogen-bond acceptors (Lipinski definition) is 5. The van der Waals surface area contributed by atoms with E-state index in [1.165, 1.54) is 0 Å². The first-order valence-electron chi connectivity index (χ1n) is 8.95. The van der Waals surface area contributed by atoms with Gasteiger partial charge in [-0.3, -0.25) is 0 Å². The van der Waals surface area contributed by atoms with E-state index in [1.54, 1.807) is 32.5 Å². The minimum absolute atomic E-state index is 0.153. The Kier molecular flexibility index (Phi) is 5.34. The van der Waals surface area contributed by atoms with Crippen molar-refractivity contribution in [3.63, 3.8) is 0 Å². The minimum Gasteiger partial charge on any atom is -0.496 e. The van der Waals surface area contributed by atoms with Crippen LogP contribution in [0.5, 0.6) is 5.75 Å². The molecule has 1 aromatic heterocycles. The quantitative estimate of drug-likeness (QED) is 0.835. The lowest BCUT2D eigenvalue weighted by Crippen LogP contribution is -2.30. The van der Waals surface area contributed by atoms with Crippen LogP contribution in [0.15, 0.2) is 23.4 Å². The van der Waals surface area contributed by atoms with Gasteiger partial charge in [0.2, 0.25) is 10.0 Å². The number of sulfonamides is 1. The number of nitrogens with one attached hydrogen (secondary N) is 1. The van der Waals surface area contributed by atoms with E-state index < -0.39 is 16.1 Å². The first kappa shape index (κ1) is 18.8. The maximum Gasteiger partial charge on any atom is 0.241 e. The highest BCUT2D eigenvalue weighted by Gasteiger charge is 2.28. The van der Waals surface area contributed by atoms with E-state index in [-0.39, 0.29) is 6.04 Å². The van der Waals surface area contributed by atoms with Gasteiger partial charge in [0.25, 0.3) is 0 Å². The van der Waals surface area contributed by atoms with Gasteiger partial charge in [-0.25, -0.2) is 13.1 Å². The van der Waals surface area contributed by atoms with Gasteiger partial charge in [0, 0.05) is 6.04 Å². The zero-order valence-electron chi connectivity index (χ0n) is 15.7. The molecule has 1 atom stereocenters. The Morgan fingerprint density at radius 1 is 1.15 bits per heavy atom. The van der Waals surface area contributed by atoms with Crippen molar-refractivity contribution in [2.75, 3.05) is 7.11 Å². The van der Waals surface area contributed by atoms with Gasteiger partial charge in [-0.15, -0.1) is 10.2 Å². The average molecular weight is 378 g/mol. The van der Waals surface area contributed by atoms with Gasteiger partial charge in [0.05, 0.1) is 18.0 Å². The summed E-state index contributed by atoms with van der Waals surface area (Å²) in [5.74, 6) is 1.37. The van der Waals surface area contributed by atoms with Crippen LogP contribution >= 0.6 is 0 Å². The van der Waals surface area contributed by atoms with E-state index in [0.717, 1.165) is 42.6 Å². The third kappa shape index (κ3) is 3.48. The summed E-state index contributed by atoms with van der Waals surface area (Å²) in [6.07, 6.45) is 5.26. The summed E-state index contributed by atoms with van der Waals surface area (Å²) in [6, 6.07) is 3.07. The SMILES string of the molecule is COc1ccc(S(=O)(=O)N[C@H](C)c2nncn2C(C)C)c2c1CCCC2. The molecule has 0 bridgehead atoms. The molecule has 0 saturated carbocycles. The first-order chi connectivity index (χ1) is 12.3. The fourth-order valence-electron chi connectivity index (χ4n) is 3.55. The van der Waals surface area contributed by atoms with Crippen LogP contribution in [0.1, 0.15) is 62.6 Å². The van der Waals surface area contributed by atoms with Crippen LogP contribution in [0.4, 0.5) is 0 Å². The second-order valence-corrected chi connectivity index (χ2v) is 8.65. The molecule has 0 unspecified atom stereocenters. The highest BCUT2D eigenvalue weighted by atomic mass is 32.2. The normalized spacial score (nSPS) is 15.7. The molecule has 142 valence electrons. The summed E-state index contributed by atoms with van der Waals surface area (Å²) in [5, 5.41) is 8.02. The maximum atomic E-state index is 13.1. The van der Waals surface area contributed by atoms with Gasteiger partial charge in [0.15, 0.2) is 5.82 Å². The molecule has 1 aliphatic rings. The lowest BCUT2D eigenvalue weighted by Gasteiger charge is -2.23. The van der Waals surface area contributed by atoms with Crippen LogP contribution < -0.4 is 9.46 Å². The Bertz CT molecular complexity index is 890. The zero-order valence-corrected chi connectivity index (χ0v) is 16.5. The van der Waals surface area contributed by atoms with Gasteiger partial charge < -0.3 is 9.30 Å². The Hall–Kier alpha value is -1.93. The van der Waals surface area contributed by atoms with E-state index in [9.17, 15) is 8.42 Å². The van der Waals surface area contributed by atoms with E-state index in [2.05, 4.69) is 14.9 Å². The monoisotopic (exact) mass is 378 g/mol. The molecule has 7 nitrogen and oxygen atoms in total. The van der Waals surface area contributed by atoms with Crippen LogP contribution in [0.25, 0.3) is 0 Å². The summed E-state index contributed by atoms with van der Waals surface area (Å²) in [7, 11) is -2.06. The number of methoxy groups -OCH3 is 1. The lowest BCUT2D eigenvalue weighted by molar-refractivity contribution is 0.405. The number of fused-ring (bicyclic) bond motifs is 1. The van der Waals surface area contributed by atoms with Crippen molar-refractivity contribution in [2.24, 2.45) is 0 Å².